The van der Waals surface area contributed by atoms with E-state index in [4.69, 9.17) is 68.1 Å². The Morgan fingerprint density at radius 1 is 0.463 bits per heavy atom. The number of carboxylic acid groups (broad SMARTS) is 2. The number of rotatable bonds is 21. The molecule has 0 fully saturated rings. The average molecular weight is 1320 g/mol. The number of aromatic hydroxyl groups is 2. The number of nitrogen functional groups attached to an aromatic ring is 1. The number of ether oxygens (including phenoxy) is 11. The number of carbonyl (C=O) groups excluding carboxylic acids is 1. The first kappa shape index (κ1) is 77.2. The molecule has 0 radical (unpaired) electrons. The number of hydrogen-bond acceptors (Lipinski definition) is 27. The number of nitrogens with zero attached hydrogens (tertiary/aromatic N) is 8. The number of aromatic carboxylic acids is 2. The molecule has 29 nitrogen and oxygen atoms in total. The Labute approximate surface area is 547 Å². The van der Waals surface area contributed by atoms with Crippen molar-refractivity contribution in [2.45, 2.75) is 35.1 Å². The zero-order valence-electron chi connectivity index (χ0n) is 52.9. The van der Waals surface area contributed by atoms with Gasteiger partial charge in [-0.3, -0.25) is 0 Å². The van der Waals surface area contributed by atoms with Crippen molar-refractivity contribution in [2.75, 3.05) is 90.5 Å². The van der Waals surface area contributed by atoms with Gasteiger partial charge in [0.05, 0.1) is 101 Å². The minimum Gasteiger partial charge on any atom is -0.506 e. The van der Waals surface area contributed by atoms with E-state index in [1.807, 2.05) is 0 Å². The van der Waals surface area contributed by atoms with Crippen LogP contribution in [0.4, 0.5) is 28.4 Å². The molecule has 0 amide bonds. The second kappa shape index (κ2) is 38.0. The Hall–Kier alpha value is -12.0. The van der Waals surface area contributed by atoms with Crippen LogP contribution in [0, 0.1) is 10.8 Å². The number of fused-ring (bicyclic) bond motifs is 3. The Balaban J connectivity index is 0.000000331. The number of carboxylic acids is 2. The lowest BCUT2D eigenvalue weighted by Crippen LogP contribution is -2.04. The second-order valence-electron chi connectivity index (χ2n) is 18.9. The van der Waals surface area contributed by atoms with Gasteiger partial charge in [-0.15, -0.1) is 15.1 Å². The summed E-state index contributed by atoms with van der Waals surface area (Å²) in [5.41, 5.74) is 8.94. The van der Waals surface area contributed by atoms with Gasteiger partial charge in [0.2, 0.25) is 17.2 Å². The summed E-state index contributed by atoms with van der Waals surface area (Å²) in [6, 6.07) is 30.5. The number of pyridine rings is 3. The summed E-state index contributed by atoms with van der Waals surface area (Å²) in [7, 11) is 16.6. The van der Waals surface area contributed by atoms with Crippen molar-refractivity contribution in [3.63, 3.8) is 0 Å². The summed E-state index contributed by atoms with van der Waals surface area (Å²) in [5.74, 6) is 2.48. The molecule has 0 saturated heterocycles. The fraction of sp³-hybridized carbons (Fsp3) is 0.273. The van der Waals surface area contributed by atoms with Gasteiger partial charge in [0, 0.05) is 58.2 Å². The van der Waals surface area contributed by atoms with Gasteiger partial charge >= 0.3 is 17.9 Å². The number of nitrogens with two attached hydrogens (primary N) is 1. The van der Waals surface area contributed by atoms with Gasteiger partial charge in [-0.2, -0.15) is 10.2 Å². The van der Waals surface area contributed by atoms with E-state index in [0.717, 1.165) is 11.8 Å². The van der Waals surface area contributed by atoms with Crippen molar-refractivity contribution in [3.8, 4) is 69.0 Å². The molecule has 6 aromatic carbocycles. The van der Waals surface area contributed by atoms with Gasteiger partial charge in [0.25, 0.3) is 0 Å². The quantitative estimate of drug-likeness (QED) is 0.0111. The predicted molar refractivity (Wildman–Crippen MR) is 356 cm³/mol. The summed E-state index contributed by atoms with van der Waals surface area (Å²) in [4.78, 5) is 59.2. The molecule has 0 bridgehead atoms. The molecule has 6 N–H and O–H groups in total. The number of anilines is 1. The maximum atomic E-state index is 11.8. The van der Waals surface area contributed by atoms with Gasteiger partial charge in [-0.25, -0.2) is 29.3 Å². The zero-order chi connectivity index (χ0) is 68.3. The molecular weight excluding hydrogens is 1240 g/mol. The normalized spacial score (nSPS) is 10.3. The highest BCUT2D eigenvalue weighted by atomic mass is 16.7. The molecule has 9 aromatic rings. The largest absolute Gasteiger partial charge is 0.506 e. The smallest absolute Gasteiger partial charge is 0.356 e. The Morgan fingerprint density at radius 2 is 0.863 bits per heavy atom. The zero-order valence-corrected chi connectivity index (χ0v) is 52.9. The number of azo groups is 2. The highest BCUT2D eigenvalue weighted by molar-refractivity contribution is 5.99. The lowest BCUT2D eigenvalue weighted by molar-refractivity contribution is 0.0592. The third-order valence-electron chi connectivity index (χ3n) is 12.7. The van der Waals surface area contributed by atoms with E-state index < -0.39 is 17.9 Å². The van der Waals surface area contributed by atoms with E-state index in [0.29, 0.717) is 120 Å². The first-order valence-electron chi connectivity index (χ1n) is 27.4. The molecule has 0 unspecified atom stereocenters. The van der Waals surface area contributed by atoms with Crippen LogP contribution >= 0.6 is 0 Å². The van der Waals surface area contributed by atoms with Crippen molar-refractivity contribution in [1.29, 1.82) is 0 Å². The number of para-hydroxylation sites is 1. The van der Waals surface area contributed by atoms with E-state index in [1.165, 1.54) is 87.2 Å². The number of hydrogen-bond donors (Lipinski definition) is 5. The monoisotopic (exact) mass is 1320 g/mol. The van der Waals surface area contributed by atoms with Gasteiger partial charge < -0.3 is 83.1 Å². The van der Waals surface area contributed by atoms with E-state index >= 15 is 0 Å². The van der Waals surface area contributed by atoms with Crippen LogP contribution in [0.25, 0.3) is 32.7 Å². The molecule has 0 atom stereocenters. The van der Waals surface area contributed by atoms with Crippen LogP contribution in [0.1, 0.15) is 66.6 Å². The second-order valence-corrected chi connectivity index (χ2v) is 18.9. The highest BCUT2D eigenvalue weighted by Gasteiger charge is 2.18. The van der Waals surface area contributed by atoms with Crippen molar-refractivity contribution in [2.24, 2.45) is 31.7 Å². The molecule has 0 saturated carbocycles. The maximum Gasteiger partial charge on any atom is 0.356 e. The Bertz CT molecular complexity index is 4060. The molecule has 9 rings (SSSR count). The lowest BCUT2D eigenvalue weighted by Gasteiger charge is -2.12. The van der Waals surface area contributed by atoms with Gasteiger partial charge in [0.15, 0.2) is 39.8 Å². The minimum absolute atomic E-state index is 0. The van der Waals surface area contributed by atoms with Crippen LogP contribution in [0.3, 0.4) is 0 Å². The lowest BCUT2D eigenvalue weighted by atomic mass is 10.1. The standard InChI is InChI=1S/C21H21N3O6.C19H17N3O6.C10H7NO3.C9H13NO3.C5H11NO2.2CH4/c1-26-16-9-8-14(13-6-7-15(21(25)30-5)22-19(13)16)24-23-12-10-17(27-2)20(29-4)18(11-12)28-3;1-26-15-8-10(9-16(27-2)18(15)28-3)21-22-12-6-7-14(23)17-11(12)4-5-13(20-17)19(24)25;12-8-3-1-2-6-4-5-7(10(13)14)11-9(6)8;1-11-7-4-6(10)5-8(12-2)9(7)13-3;1-5(2)3-4-8-6-7;;/h6-11H,1-5H3;4-9,23H,1-3H3,(H,24,25);1-5,12H,(H,13,14);4-5H,10H2,1-3H3;5H,3-4H2,1-2H3;2*1H4. The van der Waals surface area contributed by atoms with Crippen molar-refractivity contribution in [1.82, 2.24) is 15.0 Å². The summed E-state index contributed by atoms with van der Waals surface area (Å²) in [6.07, 6.45) is 0.895. The molecule has 0 spiro atoms. The first-order chi connectivity index (χ1) is 44.7. The van der Waals surface area contributed by atoms with E-state index in [2.05, 4.69) is 59.4 Å². The topological polar surface area (TPSA) is 386 Å². The molecule has 95 heavy (non-hydrogen) atoms. The van der Waals surface area contributed by atoms with Gasteiger partial charge in [0.1, 0.15) is 57.5 Å². The molecule has 0 aliphatic heterocycles. The van der Waals surface area contributed by atoms with E-state index in [1.54, 1.807) is 106 Å². The molecule has 0 aliphatic rings. The Morgan fingerprint density at radius 3 is 1.28 bits per heavy atom. The van der Waals surface area contributed by atoms with E-state index in [-0.39, 0.29) is 49.0 Å². The van der Waals surface area contributed by atoms with Crippen LogP contribution in [-0.2, 0) is 9.57 Å². The van der Waals surface area contributed by atoms with Gasteiger partial charge in [-0.1, -0.05) is 46.9 Å². The number of phenolic OH excluding ortho intramolecular Hbond substituents is 2. The molecule has 3 heterocycles. The van der Waals surface area contributed by atoms with Crippen LogP contribution in [-0.4, -0.2) is 138 Å². The fourth-order valence-corrected chi connectivity index (χ4v) is 8.19. The van der Waals surface area contributed by atoms with Gasteiger partial charge in [-0.05, 0) is 73.0 Å². The predicted octanol–water partition coefficient (Wildman–Crippen LogP) is 14.5. The van der Waals surface area contributed by atoms with Crippen LogP contribution < -0.4 is 53.1 Å². The third-order valence-corrected chi connectivity index (χ3v) is 12.7. The number of methoxy groups -OCH3 is 11. The highest BCUT2D eigenvalue weighted by Crippen LogP contribution is 2.44. The number of aromatic nitrogens is 3. The summed E-state index contributed by atoms with van der Waals surface area (Å²) < 4.78 is 57.2. The Kier molecular flexibility index (Phi) is 30.9. The van der Waals surface area contributed by atoms with Crippen molar-refractivity contribution < 1.29 is 91.8 Å². The van der Waals surface area contributed by atoms with Crippen LogP contribution in [0.2, 0.25) is 0 Å². The first-order valence-corrected chi connectivity index (χ1v) is 27.4. The number of carbonyl (C=O) groups is 3. The van der Waals surface area contributed by atoms with Crippen molar-refractivity contribution in [3.05, 3.63) is 137 Å². The summed E-state index contributed by atoms with van der Waals surface area (Å²) >= 11 is 0. The summed E-state index contributed by atoms with van der Waals surface area (Å²) in [5, 5.41) is 58.3. The average Bonchev–Trinajstić information content (AvgIpc) is 0.885. The minimum atomic E-state index is -1.19. The maximum absolute atomic E-state index is 11.8. The molecule has 506 valence electrons. The van der Waals surface area contributed by atoms with Crippen molar-refractivity contribution >= 4 is 79.1 Å². The number of benzene rings is 6. The third kappa shape index (κ3) is 20.5. The number of esters is 1. The fourth-order valence-electron chi connectivity index (χ4n) is 8.19. The molecule has 3 aromatic heterocycles. The number of phenols is 2. The SMILES string of the molecule is C.C.CC(C)CCON=O.COC(=O)c1ccc2c(N=Nc3cc(OC)c(OC)c(OC)c3)ccc(OC)c2n1.COc1cc(N)cc(OC)c1OC.COc1cc(N=Nc2ccc(O)c3nc(C(=O)O)ccc23)cc(OC)c1OC.O=C(O)c1ccc2cccc(O)c2n1. The molecule has 29 heteroatoms. The molecule has 0 aliphatic carbocycles. The van der Waals surface area contributed by atoms with Crippen LogP contribution in [0.5, 0.6) is 69.0 Å². The van der Waals surface area contributed by atoms with E-state index in [9.17, 15) is 29.5 Å². The molecular formula is C66H77N9O20. The van der Waals surface area contributed by atoms with Crippen LogP contribution in [0.15, 0.2) is 141 Å². The summed E-state index contributed by atoms with van der Waals surface area (Å²) in [6.45, 7) is 4.57.